The summed E-state index contributed by atoms with van der Waals surface area (Å²) in [6.45, 7) is 0. The van der Waals surface area contributed by atoms with E-state index >= 15 is 0 Å². The molecule has 0 aliphatic carbocycles. The molecule has 0 aromatic rings. The lowest BCUT2D eigenvalue weighted by atomic mass is 10.4. The maximum Gasteiger partial charge on any atom is 0.121 e. The molecule has 2 rings (SSSR count). The van der Waals surface area contributed by atoms with Crippen LogP contribution in [0.4, 0.5) is 0 Å². The van der Waals surface area contributed by atoms with Crippen LogP contribution in [0.25, 0.3) is 0 Å². The van der Waals surface area contributed by atoms with Crippen LogP contribution in [0.3, 0.4) is 0 Å². The summed E-state index contributed by atoms with van der Waals surface area (Å²) in [5.41, 5.74) is 1.87. The fourth-order valence-corrected chi connectivity index (χ4v) is 1.54. The van der Waals surface area contributed by atoms with E-state index in [0.29, 0.717) is 5.37 Å². The Morgan fingerprint density at radius 3 is 3.33 bits per heavy atom. The number of thioether (sulfide) groups is 1. The van der Waals surface area contributed by atoms with Gasteiger partial charge in [0.1, 0.15) is 5.37 Å². The summed E-state index contributed by atoms with van der Waals surface area (Å²) in [5.74, 6) is 0. The molecule has 2 aliphatic rings. The molecule has 2 nitrogen and oxygen atoms in total. The second-order valence-corrected chi connectivity index (χ2v) is 2.82. The van der Waals surface area contributed by atoms with Crippen molar-refractivity contribution in [2.45, 2.75) is 5.37 Å². The van der Waals surface area contributed by atoms with Crippen molar-refractivity contribution in [1.82, 2.24) is 5.01 Å². The Labute approximate surface area is 57.9 Å². The Morgan fingerprint density at radius 1 is 1.44 bits per heavy atom. The number of fused-ring (bicyclic) bond motifs is 1. The highest BCUT2D eigenvalue weighted by Crippen LogP contribution is 2.24. The van der Waals surface area contributed by atoms with Crippen LogP contribution in [0.2, 0.25) is 0 Å². The molecule has 0 N–H and O–H groups in total. The Kier molecular flexibility index (Phi) is 1.09. The van der Waals surface area contributed by atoms with Gasteiger partial charge in [0, 0.05) is 6.20 Å². The molecule has 9 heavy (non-hydrogen) atoms. The van der Waals surface area contributed by atoms with Crippen LogP contribution in [0.5, 0.6) is 0 Å². The van der Waals surface area contributed by atoms with Crippen molar-refractivity contribution in [2.75, 3.05) is 0 Å². The zero-order valence-corrected chi connectivity index (χ0v) is 5.58. The Bertz CT molecular complexity index is 195. The molecule has 46 valence electrons. The molecule has 3 heteroatoms. The largest absolute Gasteiger partial charge is 0.255 e. The third kappa shape index (κ3) is 0.772. The van der Waals surface area contributed by atoms with Crippen molar-refractivity contribution in [3.63, 3.8) is 0 Å². The summed E-state index contributed by atoms with van der Waals surface area (Å²) in [6.07, 6.45) is 8.13. The molecule has 0 fully saturated rings. The summed E-state index contributed by atoms with van der Waals surface area (Å²) in [7, 11) is 0. The van der Waals surface area contributed by atoms with Crippen LogP contribution >= 0.6 is 11.8 Å². The molecule has 0 saturated carbocycles. The van der Waals surface area contributed by atoms with Crippen molar-refractivity contribution in [1.29, 1.82) is 0 Å². The van der Waals surface area contributed by atoms with Crippen LogP contribution in [-0.4, -0.2) is 15.9 Å². The van der Waals surface area contributed by atoms with Crippen molar-refractivity contribution < 1.29 is 0 Å². The van der Waals surface area contributed by atoms with Crippen molar-refractivity contribution >= 4 is 17.3 Å². The van der Waals surface area contributed by atoms with Gasteiger partial charge in [-0.05, 0) is 12.2 Å². The average Bonchev–Trinajstić information content (AvgIpc) is 2.33. The van der Waals surface area contributed by atoms with Crippen LogP contribution in [0, 0.1) is 0 Å². The minimum absolute atomic E-state index is 0.426. The fraction of sp³-hybridized carbons (Fsp3) is 0.167. The van der Waals surface area contributed by atoms with Crippen molar-refractivity contribution in [3.05, 3.63) is 24.4 Å². The first-order valence-corrected chi connectivity index (χ1v) is 3.72. The van der Waals surface area contributed by atoms with Gasteiger partial charge in [0.2, 0.25) is 0 Å². The van der Waals surface area contributed by atoms with Gasteiger partial charge in [0.25, 0.3) is 0 Å². The van der Waals surface area contributed by atoms with E-state index in [-0.39, 0.29) is 0 Å². The second kappa shape index (κ2) is 1.92. The lowest BCUT2D eigenvalue weighted by Gasteiger charge is -2.16. The zero-order valence-electron chi connectivity index (χ0n) is 4.77. The van der Waals surface area contributed by atoms with Gasteiger partial charge in [0.15, 0.2) is 0 Å². The molecule has 0 amide bonds. The van der Waals surface area contributed by atoms with Gasteiger partial charge in [0.05, 0.1) is 5.55 Å². The molecule has 0 spiro atoms. The Balaban J connectivity index is 2.25. The number of nitrogens with zero attached hydrogens (tertiary/aromatic N) is 2. The second-order valence-electron chi connectivity index (χ2n) is 1.85. The lowest BCUT2D eigenvalue weighted by Crippen LogP contribution is -2.17. The molecule has 0 radical (unpaired) electrons. The van der Waals surface area contributed by atoms with Gasteiger partial charge in [-0.2, -0.15) is 5.10 Å². The maximum atomic E-state index is 4.09. The number of rotatable bonds is 0. The molecule has 2 aliphatic heterocycles. The highest BCUT2D eigenvalue weighted by Gasteiger charge is 2.16. The SMILES string of the molecule is C1=CC2SC=NN2C=C1. The summed E-state index contributed by atoms with van der Waals surface area (Å²) in [5, 5.41) is 6.45. The van der Waals surface area contributed by atoms with Crippen LogP contribution in [0.15, 0.2) is 29.5 Å². The molecule has 2 heterocycles. The molecular formula is C6H6N2S. The molecule has 1 atom stereocenters. The summed E-state index contributed by atoms with van der Waals surface area (Å²) in [6, 6.07) is 0. The van der Waals surface area contributed by atoms with E-state index in [0.717, 1.165) is 0 Å². The van der Waals surface area contributed by atoms with Crippen molar-refractivity contribution in [3.8, 4) is 0 Å². The molecule has 0 bridgehead atoms. The normalized spacial score (nSPS) is 29.3. The predicted molar refractivity (Wildman–Crippen MR) is 40.0 cm³/mol. The highest BCUT2D eigenvalue weighted by molar-refractivity contribution is 8.12. The Hall–Kier alpha value is -0.700. The van der Waals surface area contributed by atoms with E-state index in [4.69, 9.17) is 0 Å². The maximum absolute atomic E-state index is 4.09. The van der Waals surface area contributed by atoms with Gasteiger partial charge >= 0.3 is 0 Å². The minimum atomic E-state index is 0.426. The van der Waals surface area contributed by atoms with E-state index < -0.39 is 0 Å². The van der Waals surface area contributed by atoms with Crippen LogP contribution in [-0.2, 0) is 0 Å². The third-order valence-electron chi connectivity index (χ3n) is 1.27. The molecular weight excluding hydrogens is 132 g/mol. The summed E-state index contributed by atoms with van der Waals surface area (Å²) < 4.78 is 0. The van der Waals surface area contributed by atoms with E-state index in [1.54, 1.807) is 11.8 Å². The van der Waals surface area contributed by atoms with E-state index in [9.17, 15) is 0 Å². The average molecular weight is 138 g/mol. The fourth-order valence-electron chi connectivity index (χ4n) is 0.826. The lowest BCUT2D eigenvalue weighted by molar-refractivity contribution is 0.424. The van der Waals surface area contributed by atoms with E-state index in [1.807, 2.05) is 28.9 Å². The standard InChI is InChI=1S/C6H6N2S/c1-2-4-8-6(3-1)9-5-7-8/h1-6H. The predicted octanol–water partition coefficient (Wildman–Crippen LogP) is 1.39. The summed E-state index contributed by atoms with van der Waals surface area (Å²) in [4.78, 5) is 0. The monoisotopic (exact) mass is 138 g/mol. The number of hydrogen-bond donors (Lipinski definition) is 0. The van der Waals surface area contributed by atoms with Crippen LogP contribution < -0.4 is 0 Å². The van der Waals surface area contributed by atoms with Gasteiger partial charge < -0.3 is 0 Å². The van der Waals surface area contributed by atoms with Crippen molar-refractivity contribution in [2.24, 2.45) is 5.10 Å². The van der Waals surface area contributed by atoms with E-state index in [1.165, 1.54) is 0 Å². The minimum Gasteiger partial charge on any atom is -0.255 e. The first-order valence-electron chi connectivity index (χ1n) is 2.78. The quantitative estimate of drug-likeness (QED) is 0.502. The number of hydrazone groups is 1. The van der Waals surface area contributed by atoms with Gasteiger partial charge in [-0.3, -0.25) is 5.01 Å². The molecule has 1 unspecified atom stereocenters. The smallest absolute Gasteiger partial charge is 0.121 e. The highest BCUT2D eigenvalue weighted by atomic mass is 32.2. The van der Waals surface area contributed by atoms with E-state index in [2.05, 4.69) is 11.2 Å². The topological polar surface area (TPSA) is 15.6 Å². The zero-order chi connectivity index (χ0) is 6.10. The van der Waals surface area contributed by atoms with Gasteiger partial charge in [-0.15, -0.1) is 0 Å². The third-order valence-corrected chi connectivity index (χ3v) is 2.14. The Morgan fingerprint density at radius 2 is 2.44 bits per heavy atom. The van der Waals surface area contributed by atoms with Gasteiger partial charge in [-0.1, -0.05) is 17.8 Å². The van der Waals surface area contributed by atoms with Gasteiger partial charge in [-0.25, -0.2) is 0 Å². The van der Waals surface area contributed by atoms with Crippen LogP contribution in [0.1, 0.15) is 0 Å². The number of hydrogen-bond acceptors (Lipinski definition) is 3. The summed E-state index contributed by atoms with van der Waals surface area (Å²) >= 11 is 1.72. The molecule has 0 aromatic heterocycles. The molecule has 0 saturated heterocycles. The number of allylic oxidation sites excluding steroid dienone is 2. The first kappa shape index (κ1) is 5.11. The molecule has 0 aromatic carbocycles. The first-order chi connectivity index (χ1) is 4.47.